The number of carbonyl (C=O) groups is 2. The van der Waals surface area contributed by atoms with Crippen molar-refractivity contribution in [3.8, 4) is 11.1 Å². The van der Waals surface area contributed by atoms with Gasteiger partial charge in [-0.1, -0.05) is 37.1 Å². The van der Waals surface area contributed by atoms with Gasteiger partial charge >= 0.3 is 0 Å². The average molecular weight is 449 g/mol. The second kappa shape index (κ2) is 10.4. The van der Waals surface area contributed by atoms with Crippen LogP contribution in [0.25, 0.3) is 11.1 Å². The van der Waals surface area contributed by atoms with Crippen LogP contribution in [0.1, 0.15) is 64.4 Å². The molecule has 0 unspecified atom stereocenters. The van der Waals surface area contributed by atoms with Gasteiger partial charge in [-0.05, 0) is 63.0 Å². The van der Waals surface area contributed by atoms with Gasteiger partial charge in [0.15, 0.2) is 0 Å². The van der Waals surface area contributed by atoms with Crippen LogP contribution in [0.15, 0.2) is 43.0 Å². The summed E-state index contributed by atoms with van der Waals surface area (Å²) in [5, 5.41) is 3.16. The van der Waals surface area contributed by atoms with E-state index in [1.807, 2.05) is 43.3 Å². The van der Waals surface area contributed by atoms with E-state index in [-0.39, 0.29) is 17.9 Å². The Kier molecular flexibility index (Phi) is 7.41. The lowest BCUT2D eigenvalue weighted by Crippen LogP contribution is -2.52. The lowest BCUT2D eigenvalue weighted by Gasteiger charge is -2.41. The Bertz CT molecular complexity index is 946. The molecule has 1 N–H and O–H groups in total. The SMILES string of the molecule is CC(C)NC(=O)C1(Cc2cccc(-c3cncnc3)c2)CCN(C(=O)CC2CCCC2)CC1. The fourth-order valence-electron chi connectivity index (χ4n) is 5.37. The molecule has 1 saturated carbocycles. The summed E-state index contributed by atoms with van der Waals surface area (Å²) in [4.78, 5) is 36.6. The van der Waals surface area contributed by atoms with Crippen molar-refractivity contribution in [3.63, 3.8) is 0 Å². The van der Waals surface area contributed by atoms with Crippen molar-refractivity contribution in [2.24, 2.45) is 11.3 Å². The highest BCUT2D eigenvalue weighted by atomic mass is 16.2. The number of aromatic nitrogens is 2. The van der Waals surface area contributed by atoms with Gasteiger partial charge in [-0.2, -0.15) is 0 Å². The fraction of sp³-hybridized carbons (Fsp3) is 0.556. The van der Waals surface area contributed by atoms with Gasteiger partial charge in [-0.3, -0.25) is 9.59 Å². The molecule has 2 aliphatic rings. The Morgan fingerprint density at radius 3 is 2.45 bits per heavy atom. The third-order valence-electron chi connectivity index (χ3n) is 7.28. The van der Waals surface area contributed by atoms with Crippen LogP contribution >= 0.6 is 0 Å². The topological polar surface area (TPSA) is 75.2 Å². The van der Waals surface area contributed by atoms with E-state index in [0.29, 0.717) is 44.7 Å². The standard InChI is InChI=1S/C27H36N4O2/c1-20(2)30-26(33)27(10-12-31(13-11-27)25(32)15-21-6-3-4-7-21)16-22-8-5-9-23(14-22)24-17-28-19-29-18-24/h5,8-9,14,17-21H,3-4,6-7,10-13,15-16H2,1-2H3,(H,30,33). The molecule has 2 fully saturated rings. The summed E-state index contributed by atoms with van der Waals surface area (Å²) >= 11 is 0. The maximum absolute atomic E-state index is 13.4. The molecule has 1 aliphatic carbocycles. The summed E-state index contributed by atoms with van der Waals surface area (Å²) < 4.78 is 0. The maximum Gasteiger partial charge on any atom is 0.226 e. The smallest absolute Gasteiger partial charge is 0.226 e. The predicted octanol–water partition coefficient (Wildman–Crippen LogP) is 4.40. The maximum atomic E-state index is 13.4. The average Bonchev–Trinajstić information content (AvgIpc) is 3.33. The van der Waals surface area contributed by atoms with Crippen molar-refractivity contribution in [2.45, 2.75) is 71.3 Å². The van der Waals surface area contributed by atoms with Gasteiger partial charge < -0.3 is 10.2 Å². The van der Waals surface area contributed by atoms with E-state index in [2.05, 4.69) is 27.4 Å². The van der Waals surface area contributed by atoms with Crippen LogP contribution in [0.2, 0.25) is 0 Å². The van der Waals surface area contributed by atoms with Gasteiger partial charge in [0.25, 0.3) is 0 Å². The summed E-state index contributed by atoms with van der Waals surface area (Å²) in [6.45, 7) is 5.32. The van der Waals surface area contributed by atoms with Gasteiger partial charge in [0.05, 0.1) is 5.41 Å². The minimum absolute atomic E-state index is 0.0872. The Morgan fingerprint density at radius 1 is 1.09 bits per heavy atom. The fourth-order valence-corrected chi connectivity index (χ4v) is 5.37. The van der Waals surface area contributed by atoms with Crippen molar-refractivity contribution in [3.05, 3.63) is 48.5 Å². The number of nitrogens with zero attached hydrogens (tertiary/aromatic N) is 3. The molecule has 1 aliphatic heterocycles. The summed E-state index contributed by atoms with van der Waals surface area (Å²) in [6.07, 6.45) is 12.7. The van der Waals surface area contributed by atoms with Crippen LogP contribution < -0.4 is 5.32 Å². The van der Waals surface area contributed by atoms with Gasteiger partial charge in [0, 0.05) is 43.5 Å². The van der Waals surface area contributed by atoms with Crippen molar-refractivity contribution in [2.75, 3.05) is 13.1 Å². The first-order valence-electron chi connectivity index (χ1n) is 12.4. The minimum Gasteiger partial charge on any atom is -0.353 e. The Labute approximate surface area is 197 Å². The van der Waals surface area contributed by atoms with Crippen LogP contribution in [0.4, 0.5) is 0 Å². The largest absolute Gasteiger partial charge is 0.353 e. The molecular weight excluding hydrogens is 412 g/mol. The lowest BCUT2D eigenvalue weighted by molar-refractivity contribution is -0.141. The zero-order valence-corrected chi connectivity index (χ0v) is 19.9. The molecule has 1 saturated heterocycles. The molecule has 33 heavy (non-hydrogen) atoms. The van der Waals surface area contributed by atoms with Crippen LogP contribution in [-0.4, -0.2) is 45.8 Å². The van der Waals surface area contributed by atoms with E-state index in [1.165, 1.54) is 32.0 Å². The third-order valence-corrected chi connectivity index (χ3v) is 7.28. The zero-order chi connectivity index (χ0) is 23.3. The van der Waals surface area contributed by atoms with E-state index in [4.69, 9.17) is 0 Å². The molecule has 6 nitrogen and oxygen atoms in total. The van der Waals surface area contributed by atoms with Crippen molar-refractivity contribution >= 4 is 11.8 Å². The Balaban J connectivity index is 1.49. The minimum atomic E-state index is -0.500. The first-order chi connectivity index (χ1) is 15.9. The first-order valence-corrected chi connectivity index (χ1v) is 12.4. The number of rotatable bonds is 7. The number of nitrogens with one attached hydrogen (secondary N) is 1. The highest BCUT2D eigenvalue weighted by Crippen LogP contribution is 2.37. The monoisotopic (exact) mass is 448 g/mol. The van der Waals surface area contributed by atoms with Gasteiger partial charge in [-0.25, -0.2) is 9.97 Å². The molecule has 4 rings (SSSR count). The quantitative estimate of drug-likeness (QED) is 0.681. The lowest BCUT2D eigenvalue weighted by atomic mass is 9.72. The second-order valence-corrected chi connectivity index (χ2v) is 10.1. The highest BCUT2D eigenvalue weighted by Gasteiger charge is 2.42. The number of benzene rings is 1. The van der Waals surface area contributed by atoms with Crippen LogP contribution in [0.5, 0.6) is 0 Å². The summed E-state index contributed by atoms with van der Waals surface area (Å²) in [5.74, 6) is 0.929. The molecular formula is C27H36N4O2. The number of piperidine rings is 1. The molecule has 2 amide bonds. The normalized spacial score (nSPS) is 18.5. The van der Waals surface area contributed by atoms with Crippen LogP contribution in [0, 0.1) is 11.3 Å². The first kappa shape index (κ1) is 23.4. The van der Waals surface area contributed by atoms with Crippen molar-refractivity contribution < 1.29 is 9.59 Å². The number of hydrogen-bond donors (Lipinski definition) is 1. The van der Waals surface area contributed by atoms with Gasteiger partial charge in [0.2, 0.25) is 11.8 Å². The summed E-state index contributed by atoms with van der Waals surface area (Å²) in [6, 6.07) is 8.40. The molecule has 6 heteroatoms. The molecule has 1 aromatic carbocycles. The Morgan fingerprint density at radius 2 is 1.79 bits per heavy atom. The van der Waals surface area contributed by atoms with Gasteiger partial charge in [0.1, 0.15) is 6.33 Å². The predicted molar refractivity (Wildman–Crippen MR) is 129 cm³/mol. The summed E-state index contributed by atoms with van der Waals surface area (Å²) in [7, 11) is 0. The van der Waals surface area contributed by atoms with E-state index in [1.54, 1.807) is 0 Å². The number of hydrogen-bond acceptors (Lipinski definition) is 4. The second-order valence-electron chi connectivity index (χ2n) is 10.1. The number of likely N-dealkylation sites (tertiary alicyclic amines) is 1. The molecule has 0 bridgehead atoms. The molecule has 2 aromatic rings. The zero-order valence-electron chi connectivity index (χ0n) is 19.9. The van der Waals surface area contributed by atoms with Gasteiger partial charge in [-0.15, -0.1) is 0 Å². The molecule has 2 heterocycles. The highest BCUT2D eigenvalue weighted by molar-refractivity contribution is 5.84. The molecule has 0 atom stereocenters. The van der Waals surface area contributed by atoms with Crippen LogP contribution in [0.3, 0.4) is 0 Å². The van der Waals surface area contributed by atoms with Crippen LogP contribution in [-0.2, 0) is 16.0 Å². The Hall–Kier alpha value is -2.76. The van der Waals surface area contributed by atoms with Crippen molar-refractivity contribution in [1.82, 2.24) is 20.2 Å². The van der Waals surface area contributed by atoms with Crippen molar-refractivity contribution in [1.29, 1.82) is 0 Å². The van der Waals surface area contributed by atoms with E-state index >= 15 is 0 Å². The molecule has 1 aromatic heterocycles. The molecule has 176 valence electrons. The summed E-state index contributed by atoms with van der Waals surface area (Å²) in [5.41, 5.74) is 2.64. The third kappa shape index (κ3) is 5.79. The number of carbonyl (C=O) groups excluding carboxylic acids is 2. The van der Waals surface area contributed by atoms with E-state index in [9.17, 15) is 9.59 Å². The number of amides is 2. The molecule has 0 spiro atoms. The van der Waals surface area contributed by atoms with E-state index < -0.39 is 5.41 Å². The van der Waals surface area contributed by atoms with E-state index in [0.717, 1.165) is 16.7 Å². The molecule has 0 radical (unpaired) electrons.